The van der Waals surface area contributed by atoms with Crippen molar-refractivity contribution in [3.05, 3.63) is 0 Å². The number of rotatable bonds is 3. The predicted molar refractivity (Wildman–Crippen MR) is 65.0 cm³/mol. The van der Waals surface area contributed by atoms with Crippen LogP contribution in [0.15, 0.2) is 0 Å². The van der Waals surface area contributed by atoms with Gasteiger partial charge in [-0.2, -0.15) is 0 Å². The predicted octanol–water partition coefficient (Wildman–Crippen LogP) is -1.16. The molecule has 2 heterocycles. The fraction of sp³-hybridized carbons (Fsp3) is 1.00. The SMILES string of the molecule is O=S1(=O)CCC(S(=O)(=O)N[C@@H]2CCCNC2)C1. The van der Waals surface area contributed by atoms with Crippen molar-refractivity contribution in [1.29, 1.82) is 0 Å². The van der Waals surface area contributed by atoms with Gasteiger partial charge in [0.25, 0.3) is 0 Å². The first-order valence-electron chi connectivity index (χ1n) is 5.81. The molecule has 2 rings (SSSR count). The normalized spacial score (nSPS) is 33.6. The molecule has 0 aliphatic carbocycles. The first-order chi connectivity index (χ1) is 7.89. The van der Waals surface area contributed by atoms with Crippen LogP contribution in [0.2, 0.25) is 0 Å². The maximum atomic E-state index is 12.0. The summed E-state index contributed by atoms with van der Waals surface area (Å²) in [4.78, 5) is 0. The van der Waals surface area contributed by atoms with Crippen molar-refractivity contribution < 1.29 is 16.8 Å². The Morgan fingerprint density at radius 2 is 2.00 bits per heavy atom. The van der Waals surface area contributed by atoms with Crippen molar-refractivity contribution in [3.8, 4) is 0 Å². The van der Waals surface area contributed by atoms with Gasteiger partial charge < -0.3 is 5.32 Å². The fourth-order valence-electron chi connectivity index (χ4n) is 2.29. The van der Waals surface area contributed by atoms with Gasteiger partial charge in [-0.05, 0) is 25.8 Å². The monoisotopic (exact) mass is 282 g/mol. The molecule has 0 radical (unpaired) electrons. The van der Waals surface area contributed by atoms with Crippen LogP contribution in [0.3, 0.4) is 0 Å². The van der Waals surface area contributed by atoms with Gasteiger partial charge in [-0.1, -0.05) is 0 Å². The van der Waals surface area contributed by atoms with Gasteiger partial charge in [0.2, 0.25) is 10.0 Å². The van der Waals surface area contributed by atoms with E-state index in [1.54, 1.807) is 0 Å². The Hall–Kier alpha value is -0.180. The van der Waals surface area contributed by atoms with Gasteiger partial charge in [0.05, 0.1) is 16.8 Å². The third-order valence-electron chi connectivity index (χ3n) is 3.26. The molecule has 0 aromatic carbocycles. The van der Waals surface area contributed by atoms with E-state index in [1.165, 1.54) is 0 Å². The summed E-state index contributed by atoms with van der Waals surface area (Å²) in [6.07, 6.45) is 1.97. The summed E-state index contributed by atoms with van der Waals surface area (Å²) >= 11 is 0. The zero-order valence-corrected chi connectivity index (χ0v) is 11.2. The second kappa shape index (κ2) is 4.83. The molecule has 0 saturated carbocycles. The number of nitrogens with one attached hydrogen (secondary N) is 2. The molecule has 2 aliphatic rings. The smallest absolute Gasteiger partial charge is 0.215 e. The van der Waals surface area contributed by atoms with Gasteiger partial charge in [0.1, 0.15) is 0 Å². The van der Waals surface area contributed by atoms with Crippen LogP contribution in [0.1, 0.15) is 19.3 Å². The molecule has 6 nitrogen and oxygen atoms in total. The van der Waals surface area contributed by atoms with Crippen molar-refractivity contribution in [3.63, 3.8) is 0 Å². The highest BCUT2D eigenvalue weighted by atomic mass is 32.2. The van der Waals surface area contributed by atoms with Gasteiger partial charge >= 0.3 is 0 Å². The highest BCUT2D eigenvalue weighted by molar-refractivity contribution is 7.95. The van der Waals surface area contributed by atoms with Gasteiger partial charge in [-0.25, -0.2) is 21.6 Å². The Morgan fingerprint density at radius 1 is 1.24 bits per heavy atom. The number of sulfonamides is 1. The lowest BCUT2D eigenvalue weighted by Crippen LogP contribution is -2.48. The van der Waals surface area contributed by atoms with Gasteiger partial charge in [-0.15, -0.1) is 0 Å². The molecule has 1 unspecified atom stereocenters. The standard InChI is InChI=1S/C9H18N2O4S2/c12-16(13)5-3-9(7-16)17(14,15)11-8-2-1-4-10-6-8/h8-11H,1-7H2/t8-,9?/m1/s1. The van der Waals surface area contributed by atoms with Gasteiger partial charge in [-0.3, -0.25) is 0 Å². The lowest BCUT2D eigenvalue weighted by Gasteiger charge is -2.25. The molecule has 2 atom stereocenters. The third kappa shape index (κ3) is 3.40. The Bertz CT molecular complexity index is 465. The summed E-state index contributed by atoms with van der Waals surface area (Å²) in [5.74, 6) is -0.246. The van der Waals surface area contributed by atoms with E-state index < -0.39 is 25.1 Å². The first kappa shape index (κ1) is 13.3. The number of piperidine rings is 1. The van der Waals surface area contributed by atoms with Crippen molar-refractivity contribution >= 4 is 19.9 Å². The van der Waals surface area contributed by atoms with Crippen LogP contribution in [-0.2, 0) is 19.9 Å². The average Bonchev–Trinajstić information content (AvgIpc) is 2.60. The highest BCUT2D eigenvalue weighted by Crippen LogP contribution is 2.19. The molecule has 8 heteroatoms. The summed E-state index contributed by atoms with van der Waals surface area (Å²) in [6.45, 7) is 1.54. The van der Waals surface area contributed by atoms with E-state index in [-0.39, 0.29) is 24.0 Å². The molecular formula is C9H18N2O4S2. The summed E-state index contributed by atoms with van der Waals surface area (Å²) < 4.78 is 49.1. The van der Waals surface area contributed by atoms with Crippen LogP contribution in [0, 0.1) is 0 Å². The van der Waals surface area contributed by atoms with Crippen LogP contribution in [0.4, 0.5) is 0 Å². The molecule has 2 fully saturated rings. The maximum Gasteiger partial charge on any atom is 0.215 e. The van der Waals surface area contributed by atoms with E-state index in [0.717, 1.165) is 19.4 Å². The number of hydrogen-bond acceptors (Lipinski definition) is 5. The molecule has 100 valence electrons. The van der Waals surface area contributed by atoms with Crippen LogP contribution >= 0.6 is 0 Å². The average molecular weight is 282 g/mol. The zero-order valence-electron chi connectivity index (χ0n) is 9.55. The second-order valence-electron chi connectivity index (χ2n) is 4.73. The molecule has 2 aliphatic heterocycles. The molecule has 0 amide bonds. The Kier molecular flexibility index (Phi) is 3.77. The van der Waals surface area contributed by atoms with Crippen LogP contribution in [0.25, 0.3) is 0 Å². The van der Waals surface area contributed by atoms with Crippen molar-refractivity contribution in [2.75, 3.05) is 24.6 Å². The highest BCUT2D eigenvalue weighted by Gasteiger charge is 2.38. The minimum atomic E-state index is -3.50. The minimum Gasteiger partial charge on any atom is -0.315 e. The van der Waals surface area contributed by atoms with Crippen molar-refractivity contribution in [2.24, 2.45) is 0 Å². The largest absolute Gasteiger partial charge is 0.315 e. The summed E-state index contributed by atoms with van der Waals surface area (Å²) in [7, 11) is -6.65. The lowest BCUT2D eigenvalue weighted by molar-refractivity contribution is 0.427. The Morgan fingerprint density at radius 3 is 2.53 bits per heavy atom. The Labute approximate surface area is 102 Å². The van der Waals surface area contributed by atoms with Crippen molar-refractivity contribution in [1.82, 2.24) is 10.0 Å². The Balaban J connectivity index is 1.99. The van der Waals surface area contributed by atoms with E-state index >= 15 is 0 Å². The van der Waals surface area contributed by atoms with E-state index in [1.807, 2.05) is 0 Å². The first-order valence-corrected chi connectivity index (χ1v) is 9.18. The molecule has 0 bridgehead atoms. The summed E-state index contributed by atoms with van der Waals surface area (Å²) in [5.41, 5.74) is 0. The number of sulfone groups is 1. The summed E-state index contributed by atoms with van der Waals surface area (Å²) in [6, 6.07) is -0.0999. The number of hydrogen-bond donors (Lipinski definition) is 2. The molecule has 2 N–H and O–H groups in total. The van der Waals surface area contributed by atoms with Crippen molar-refractivity contribution in [2.45, 2.75) is 30.6 Å². The van der Waals surface area contributed by atoms with E-state index in [2.05, 4.69) is 10.0 Å². The minimum absolute atomic E-state index is 0.0124. The summed E-state index contributed by atoms with van der Waals surface area (Å²) in [5, 5.41) is 2.35. The van der Waals surface area contributed by atoms with E-state index in [4.69, 9.17) is 0 Å². The fourth-order valence-corrected chi connectivity index (χ4v) is 6.60. The molecule has 0 spiro atoms. The third-order valence-corrected chi connectivity index (χ3v) is 7.18. The van der Waals surface area contributed by atoms with Gasteiger partial charge in [0, 0.05) is 12.6 Å². The second-order valence-corrected chi connectivity index (χ2v) is 8.95. The molecule has 2 saturated heterocycles. The topological polar surface area (TPSA) is 92.3 Å². The maximum absolute atomic E-state index is 12.0. The molecular weight excluding hydrogens is 264 g/mol. The quantitative estimate of drug-likeness (QED) is 0.681. The lowest BCUT2D eigenvalue weighted by atomic mass is 10.1. The molecule has 17 heavy (non-hydrogen) atoms. The molecule has 0 aromatic rings. The zero-order chi connectivity index (χ0) is 12.5. The van der Waals surface area contributed by atoms with Crippen LogP contribution < -0.4 is 10.0 Å². The van der Waals surface area contributed by atoms with Gasteiger partial charge in [0.15, 0.2) is 9.84 Å². The van der Waals surface area contributed by atoms with Crippen LogP contribution in [0.5, 0.6) is 0 Å². The van der Waals surface area contributed by atoms with E-state index in [9.17, 15) is 16.8 Å². The molecule has 0 aromatic heterocycles. The van der Waals surface area contributed by atoms with E-state index in [0.29, 0.717) is 6.54 Å². The van der Waals surface area contributed by atoms with Crippen LogP contribution in [-0.4, -0.2) is 52.7 Å².